The van der Waals surface area contributed by atoms with Crippen LogP contribution in [0.2, 0.25) is 5.02 Å². The molecule has 0 aliphatic carbocycles. The van der Waals surface area contributed by atoms with E-state index in [1.807, 2.05) is 11.4 Å². The average molecular weight is 398 g/mol. The van der Waals surface area contributed by atoms with Crippen LogP contribution in [0.15, 0.2) is 58.8 Å². The summed E-state index contributed by atoms with van der Waals surface area (Å²) >= 11 is 8.50. The highest BCUT2D eigenvalue weighted by Gasteiger charge is 2.16. The molecule has 0 fully saturated rings. The van der Waals surface area contributed by atoms with Crippen molar-refractivity contribution in [2.24, 2.45) is 0 Å². The number of thiophene rings is 2. The van der Waals surface area contributed by atoms with E-state index >= 15 is 0 Å². The van der Waals surface area contributed by atoms with Crippen molar-refractivity contribution in [1.82, 2.24) is 4.72 Å². The molecule has 3 aromatic rings. The number of carbonyl (C=O) groups excluding carboxylic acids is 1. The van der Waals surface area contributed by atoms with E-state index in [1.54, 1.807) is 30.3 Å². The van der Waals surface area contributed by atoms with Crippen LogP contribution in [0.1, 0.15) is 19.4 Å². The first-order valence-corrected chi connectivity index (χ1v) is 10.4. The maximum absolute atomic E-state index is 12.3. The summed E-state index contributed by atoms with van der Waals surface area (Å²) in [4.78, 5) is 14.4. The lowest BCUT2D eigenvalue weighted by Gasteiger charge is -2.05. The van der Waals surface area contributed by atoms with Crippen LogP contribution in [0.3, 0.4) is 0 Å². The van der Waals surface area contributed by atoms with Gasteiger partial charge in [0.25, 0.3) is 0 Å². The minimum Gasteiger partial charge on any atom is -0.287 e. The maximum atomic E-state index is 12.3. The average Bonchev–Trinajstić information content (AvgIpc) is 3.24. The van der Waals surface area contributed by atoms with Crippen LogP contribution < -0.4 is 4.72 Å². The summed E-state index contributed by atoms with van der Waals surface area (Å²) in [6.45, 7) is 0.122. The van der Waals surface area contributed by atoms with E-state index < -0.39 is 10.0 Å². The highest BCUT2D eigenvalue weighted by atomic mass is 35.5. The molecule has 1 aromatic carbocycles. The summed E-state index contributed by atoms with van der Waals surface area (Å²) in [6, 6.07) is 13.1. The second-order valence-electron chi connectivity index (χ2n) is 4.85. The zero-order chi connectivity index (χ0) is 17.2. The quantitative estimate of drug-likeness (QED) is 0.635. The third kappa shape index (κ3) is 3.93. The zero-order valence-corrected chi connectivity index (χ0v) is 15.4. The second kappa shape index (κ2) is 7.16. The molecule has 0 amide bonds. The molecule has 2 aromatic heterocycles. The summed E-state index contributed by atoms with van der Waals surface area (Å²) in [6.07, 6.45) is 0. The van der Waals surface area contributed by atoms with Gasteiger partial charge in [0.15, 0.2) is 0 Å². The summed E-state index contributed by atoms with van der Waals surface area (Å²) < 4.78 is 27.0. The first-order chi connectivity index (χ1) is 11.5. The highest BCUT2D eigenvalue weighted by Crippen LogP contribution is 2.23. The van der Waals surface area contributed by atoms with Crippen molar-refractivity contribution >= 4 is 50.1 Å². The third-order valence-corrected chi connectivity index (χ3v) is 6.76. The lowest BCUT2D eigenvalue weighted by Crippen LogP contribution is -2.22. The number of carbonyl (C=O) groups is 1. The number of nitrogens with one attached hydrogen (secondary N) is 1. The monoisotopic (exact) mass is 397 g/mol. The van der Waals surface area contributed by atoms with E-state index in [9.17, 15) is 13.2 Å². The fraction of sp³-hybridized carbons (Fsp3) is 0.0625. The van der Waals surface area contributed by atoms with Crippen molar-refractivity contribution in [2.75, 3.05) is 0 Å². The zero-order valence-electron chi connectivity index (χ0n) is 12.2. The van der Waals surface area contributed by atoms with Gasteiger partial charge in [-0.25, -0.2) is 13.1 Å². The van der Waals surface area contributed by atoms with E-state index in [0.717, 1.165) is 4.88 Å². The van der Waals surface area contributed by atoms with Gasteiger partial charge in [0.05, 0.1) is 14.6 Å². The van der Waals surface area contributed by atoms with Crippen LogP contribution in [-0.2, 0) is 16.6 Å². The number of sulfonamides is 1. The van der Waals surface area contributed by atoms with Gasteiger partial charge in [-0.2, -0.15) is 0 Å². The highest BCUT2D eigenvalue weighted by molar-refractivity contribution is 7.89. The normalized spacial score (nSPS) is 11.5. The van der Waals surface area contributed by atoms with Gasteiger partial charge < -0.3 is 0 Å². The Kier molecular flexibility index (Phi) is 5.17. The second-order valence-corrected chi connectivity index (χ2v) is 9.17. The lowest BCUT2D eigenvalue weighted by atomic mass is 10.3. The summed E-state index contributed by atoms with van der Waals surface area (Å²) in [5.74, 6) is -0.0426. The van der Waals surface area contributed by atoms with Gasteiger partial charge in [0.2, 0.25) is 15.8 Å². The van der Waals surface area contributed by atoms with Gasteiger partial charge in [-0.1, -0.05) is 23.7 Å². The molecule has 124 valence electrons. The molecule has 0 saturated carbocycles. The maximum Gasteiger partial charge on any atom is 0.240 e. The number of hydrogen-bond acceptors (Lipinski definition) is 5. The van der Waals surface area contributed by atoms with Crippen LogP contribution in [-0.4, -0.2) is 14.2 Å². The molecule has 3 rings (SSSR count). The van der Waals surface area contributed by atoms with Gasteiger partial charge in [-0.3, -0.25) is 4.79 Å². The Hall–Kier alpha value is -1.51. The van der Waals surface area contributed by atoms with Gasteiger partial charge in [-0.15, -0.1) is 22.7 Å². The summed E-state index contributed by atoms with van der Waals surface area (Å²) in [5, 5.41) is 2.21. The molecule has 4 nitrogen and oxygen atoms in total. The molecule has 2 heterocycles. The van der Waals surface area contributed by atoms with Crippen LogP contribution >= 0.6 is 34.3 Å². The fourth-order valence-electron chi connectivity index (χ4n) is 2.01. The molecular weight excluding hydrogens is 386 g/mol. The van der Waals surface area contributed by atoms with E-state index in [0.29, 0.717) is 14.8 Å². The number of benzene rings is 1. The molecule has 0 saturated heterocycles. The Balaban J connectivity index is 1.70. The fourth-order valence-corrected chi connectivity index (χ4v) is 5.05. The van der Waals surface area contributed by atoms with Crippen molar-refractivity contribution < 1.29 is 13.2 Å². The van der Waals surface area contributed by atoms with Crippen molar-refractivity contribution in [3.05, 3.63) is 73.6 Å². The molecule has 0 unspecified atom stereocenters. The molecule has 0 aliphatic rings. The Labute approximate surface area is 152 Å². The number of ketones is 1. The Morgan fingerprint density at radius 3 is 2.62 bits per heavy atom. The van der Waals surface area contributed by atoms with Gasteiger partial charge in [0.1, 0.15) is 0 Å². The smallest absolute Gasteiger partial charge is 0.240 e. The van der Waals surface area contributed by atoms with Gasteiger partial charge in [-0.05, 0) is 41.8 Å². The van der Waals surface area contributed by atoms with E-state index in [2.05, 4.69) is 4.72 Å². The van der Waals surface area contributed by atoms with E-state index in [-0.39, 0.29) is 17.2 Å². The lowest BCUT2D eigenvalue weighted by molar-refractivity contribution is 0.104. The standard InChI is InChI=1S/C16H12ClNO3S3/c17-11-3-1-4-13(9-11)24(20,21)18-10-12-6-7-15(23-12)16(19)14-5-2-8-22-14/h1-9,18H,10H2. The minimum absolute atomic E-state index is 0.0426. The molecule has 24 heavy (non-hydrogen) atoms. The molecule has 1 N–H and O–H groups in total. The minimum atomic E-state index is -3.65. The molecule has 0 bridgehead atoms. The topological polar surface area (TPSA) is 63.2 Å². The van der Waals surface area contributed by atoms with Crippen molar-refractivity contribution in [2.45, 2.75) is 11.4 Å². The predicted molar refractivity (Wildman–Crippen MR) is 97.5 cm³/mol. The SMILES string of the molecule is O=C(c1cccs1)c1ccc(CNS(=O)(=O)c2cccc(Cl)c2)s1. The molecule has 0 spiro atoms. The van der Waals surface area contributed by atoms with E-state index in [4.69, 9.17) is 11.6 Å². The van der Waals surface area contributed by atoms with Crippen LogP contribution in [0.4, 0.5) is 0 Å². The van der Waals surface area contributed by atoms with Crippen LogP contribution in [0.25, 0.3) is 0 Å². The first kappa shape index (κ1) is 17.3. The molecular formula is C16H12ClNO3S3. The largest absolute Gasteiger partial charge is 0.287 e. The van der Waals surface area contributed by atoms with Crippen molar-refractivity contribution in [3.8, 4) is 0 Å². The molecule has 8 heteroatoms. The number of halogens is 1. The molecule has 0 radical (unpaired) electrons. The first-order valence-electron chi connectivity index (χ1n) is 6.88. The Bertz CT molecular complexity index is 962. The summed E-state index contributed by atoms with van der Waals surface area (Å²) in [7, 11) is -3.65. The number of hydrogen-bond donors (Lipinski definition) is 1. The Morgan fingerprint density at radius 2 is 1.92 bits per heavy atom. The van der Waals surface area contributed by atoms with Crippen molar-refractivity contribution in [1.29, 1.82) is 0 Å². The van der Waals surface area contributed by atoms with Gasteiger partial charge in [0, 0.05) is 16.4 Å². The number of rotatable bonds is 6. The van der Waals surface area contributed by atoms with Gasteiger partial charge >= 0.3 is 0 Å². The molecule has 0 atom stereocenters. The Morgan fingerprint density at radius 1 is 1.08 bits per heavy atom. The summed E-state index contributed by atoms with van der Waals surface area (Å²) in [5.41, 5.74) is 0. The third-order valence-electron chi connectivity index (χ3n) is 3.17. The predicted octanol–water partition coefficient (Wildman–Crippen LogP) is 4.17. The molecule has 0 aliphatic heterocycles. The van der Waals surface area contributed by atoms with Crippen LogP contribution in [0.5, 0.6) is 0 Å². The van der Waals surface area contributed by atoms with E-state index in [1.165, 1.54) is 34.8 Å². The van der Waals surface area contributed by atoms with Crippen LogP contribution in [0, 0.1) is 0 Å². The van der Waals surface area contributed by atoms with Crippen molar-refractivity contribution in [3.63, 3.8) is 0 Å².